The van der Waals surface area contributed by atoms with Gasteiger partial charge in [0.1, 0.15) is 11.6 Å². The van der Waals surface area contributed by atoms with Crippen molar-refractivity contribution in [3.8, 4) is 11.3 Å². The third-order valence-electron chi connectivity index (χ3n) is 2.97. The molecule has 0 fully saturated rings. The predicted octanol–water partition coefficient (Wildman–Crippen LogP) is 2.73. The van der Waals surface area contributed by atoms with Crippen LogP contribution in [-0.4, -0.2) is 16.5 Å². The lowest BCUT2D eigenvalue weighted by Crippen LogP contribution is -2.15. The third kappa shape index (κ3) is 3.58. The second kappa shape index (κ2) is 5.89. The maximum atomic E-state index is 12.9. The second-order valence-electron chi connectivity index (χ2n) is 4.86. The molecule has 1 atom stereocenters. The van der Waals surface area contributed by atoms with E-state index in [0.29, 0.717) is 12.5 Å². The summed E-state index contributed by atoms with van der Waals surface area (Å²) < 4.78 is 12.9. The summed E-state index contributed by atoms with van der Waals surface area (Å²) in [5.74, 6) is 0.895. The van der Waals surface area contributed by atoms with E-state index in [1.165, 1.54) is 12.1 Å². The van der Waals surface area contributed by atoms with E-state index in [0.717, 1.165) is 29.2 Å². The van der Waals surface area contributed by atoms with Crippen molar-refractivity contribution in [2.45, 2.75) is 20.3 Å². The maximum absolute atomic E-state index is 12.9. The summed E-state index contributed by atoms with van der Waals surface area (Å²) in [6, 6.07) is 8.24. The molecule has 100 valence electrons. The molecule has 0 aliphatic carbocycles. The van der Waals surface area contributed by atoms with Gasteiger partial charge in [-0.15, -0.1) is 0 Å². The van der Waals surface area contributed by atoms with Gasteiger partial charge >= 0.3 is 0 Å². The van der Waals surface area contributed by atoms with E-state index in [2.05, 4.69) is 16.9 Å². The van der Waals surface area contributed by atoms with E-state index in [1.807, 2.05) is 13.0 Å². The highest BCUT2D eigenvalue weighted by Crippen LogP contribution is 2.19. The summed E-state index contributed by atoms with van der Waals surface area (Å²) in [4.78, 5) is 8.96. The van der Waals surface area contributed by atoms with Crippen LogP contribution in [0.4, 0.5) is 4.39 Å². The first-order valence-electron chi connectivity index (χ1n) is 6.39. The van der Waals surface area contributed by atoms with Crippen LogP contribution in [0, 0.1) is 18.7 Å². The average Bonchev–Trinajstić information content (AvgIpc) is 2.38. The quantitative estimate of drug-likeness (QED) is 0.918. The number of nitrogens with zero attached hydrogens (tertiary/aromatic N) is 2. The van der Waals surface area contributed by atoms with Crippen LogP contribution in [0.3, 0.4) is 0 Å². The molecule has 19 heavy (non-hydrogen) atoms. The van der Waals surface area contributed by atoms with Gasteiger partial charge in [-0.25, -0.2) is 14.4 Å². The van der Waals surface area contributed by atoms with Crippen LogP contribution in [0.1, 0.15) is 18.4 Å². The van der Waals surface area contributed by atoms with Crippen LogP contribution >= 0.6 is 0 Å². The molecular formula is C15H18FN3. The summed E-state index contributed by atoms with van der Waals surface area (Å²) in [7, 11) is 0. The predicted molar refractivity (Wildman–Crippen MR) is 74.1 cm³/mol. The molecule has 0 aliphatic rings. The van der Waals surface area contributed by atoms with Crippen molar-refractivity contribution >= 4 is 0 Å². The zero-order valence-electron chi connectivity index (χ0n) is 11.2. The van der Waals surface area contributed by atoms with Crippen LogP contribution in [0.5, 0.6) is 0 Å². The lowest BCUT2D eigenvalue weighted by Gasteiger charge is -2.09. The molecule has 4 heteroatoms. The first-order valence-corrected chi connectivity index (χ1v) is 6.39. The number of rotatable bonds is 4. The molecule has 3 nitrogen and oxygen atoms in total. The van der Waals surface area contributed by atoms with E-state index in [-0.39, 0.29) is 5.82 Å². The largest absolute Gasteiger partial charge is 0.330 e. The van der Waals surface area contributed by atoms with Gasteiger partial charge < -0.3 is 5.73 Å². The fraction of sp³-hybridized carbons (Fsp3) is 0.333. The van der Waals surface area contributed by atoms with E-state index in [1.54, 1.807) is 12.1 Å². The Morgan fingerprint density at radius 1 is 1.21 bits per heavy atom. The zero-order valence-corrected chi connectivity index (χ0v) is 11.2. The molecule has 1 heterocycles. The minimum Gasteiger partial charge on any atom is -0.330 e. The number of hydrogen-bond acceptors (Lipinski definition) is 3. The molecule has 0 spiro atoms. The summed E-state index contributed by atoms with van der Waals surface area (Å²) in [6.45, 7) is 4.62. The SMILES string of the molecule is Cc1cc(-c2ccc(F)cc2)nc(CC(C)CN)n1. The van der Waals surface area contributed by atoms with E-state index >= 15 is 0 Å². The highest BCUT2D eigenvalue weighted by Gasteiger charge is 2.08. The number of benzene rings is 1. The van der Waals surface area contributed by atoms with Crippen LogP contribution in [0.2, 0.25) is 0 Å². The van der Waals surface area contributed by atoms with Crippen molar-refractivity contribution in [3.05, 3.63) is 47.7 Å². The van der Waals surface area contributed by atoms with Crippen molar-refractivity contribution in [3.63, 3.8) is 0 Å². The first kappa shape index (κ1) is 13.6. The summed E-state index contributed by atoms with van der Waals surface area (Å²) >= 11 is 0. The van der Waals surface area contributed by atoms with Crippen LogP contribution < -0.4 is 5.73 Å². The molecule has 0 saturated heterocycles. The number of aryl methyl sites for hydroxylation is 1. The fourth-order valence-electron chi connectivity index (χ4n) is 1.88. The van der Waals surface area contributed by atoms with Crippen molar-refractivity contribution in [2.75, 3.05) is 6.54 Å². The molecule has 1 unspecified atom stereocenters. The van der Waals surface area contributed by atoms with E-state index < -0.39 is 0 Å². The standard InChI is InChI=1S/C15H18FN3/c1-10(9-17)7-15-18-11(2)8-14(19-15)12-3-5-13(16)6-4-12/h3-6,8,10H,7,9,17H2,1-2H3. The molecule has 1 aromatic carbocycles. The van der Waals surface area contributed by atoms with E-state index in [4.69, 9.17) is 5.73 Å². The first-order chi connectivity index (χ1) is 9.08. The van der Waals surface area contributed by atoms with Gasteiger partial charge in [0.15, 0.2) is 0 Å². The van der Waals surface area contributed by atoms with Crippen LogP contribution in [0.25, 0.3) is 11.3 Å². The van der Waals surface area contributed by atoms with Gasteiger partial charge in [-0.3, -0.25) is 0 Å². The van der Waals surface area contributed by atoms with E-state index in [9.17, 15) is 4.39 Å². The molecule has 0 radical (unpaired) electrons. The Balaban J connectivity index is 2.33. The Morgan fingerprint density at radius 3 is 2.53 bits per heavy atom. The molecule has 0 bridgehead atoms. The molecule has 0 amide bonds. The topological polar surface area (TPSA) is 51.8 Å². The molecule has 2 aromatic rings. The lowest BCUT2D eigenvalue weighted by atomic mass is 10.1. The molecular weight excluding hydrogens is 241 g/mol. The zero-order chi connectivity index (χ0) is 13.8. The average molecular weight is 259 g/mol. The maximum Gasteiger partial charge on any atom is 0.129 e. The summed E-state index contributed by atoms with van der Waals surface area (Å²) in [5, 5.41) is 0. The normalized spacial score (nSPS) is 12.4. The third-order valence-corrected chi connectivity index (χ3v) is 2.97. The summed E-state index contributed by atoms with van der Waals surface area (Å²) in [5.41, 5.74) is 8.26. The Kier molecular flexibility index (Phi) is 4.22. The highest BCUT2D eigenvalue weighted by molar-refractivity contribution is 5.59. The number of hydrogen-bond donors (Lipinski definition) is 1. The molecule has 0 aliphatic heterocycles. The Morgan fingerprint density at radius 2 is 1.89 bits per heavy atom. The minimum absolute atomic E-state index is 0.244. The minimum atomic E-state index is -0.244. The Hall–Kier alpha value is -1.81. The van der Waals surface area contributed by atoms with Crippen molar-refractivity contribution in [1.82, 2.24) is 9.97 Å². The number of aromatic nitrogens is 2. The van der Waals surface area contributed by atoms with Crippen molar-refractivity contribution in [1.29, 1.82) is 0 Å². The lowest BCUT2D eigenvalue weighted by molar-refractivity contribution is 0.573. The van der Waals surface area contributed by atoms with Gasteiger partial charge in [-0.2, -0.15) is 0 Å². The molecule has 0 saturated carbocycles. The van der Waals surface area contributed by atoms with Crippen LogP contribution in [0.15, 0.2) is 30.3 Å². The van der Waals surface area contributed by atoms with Crippen molar-refractivity contribution < 1.29 is 4.39 Å². The van der Waals surface area contributed by atoms with Gasteiger partial charge in [0.25, 0.3) is 0 Å². The second-order valence-corrected chi connectivity index (χ2v) is 4.86. The van der Waals surface area contributed by atoms with Gasteiger partial charge in [0, 0.05) is 17.7 Å². The monoisotopic (exact) mass is 259 g/mol. The Labute approximate surface area is 112 Å². The highest BCUT2D eigenvalue weighted by atomic mass is 19.1. The number of nitrogens with two attached hydrogens (primary N) is 1. The molecule has 2 N–H and O–H groups in total. The smallest absolute Gasteiger partial charge is 0.129 e. The fourth-order valence-corrected chi connectivity index (χ4v) is 1.88. The Bertz CT molecular complexity index is 552. The molecule has 2 rings (SSSR count). The molecule has 1 aromatic heterocycles. The summed E-state index contributed by atoms with van der Waals surface area (Å²) in [6.07, 6.45) is 0.756. The van der Waals surface area contributed by atoms with Crippen LogP contribution in [-0.2, 0) is 6.42 Å². The van der Waals surface area contributed by atoms with Gasteiger partial charge in [0.05, 0.1) is 5.69 Å². The van der Waals surface area contributed by atoms with Crippen molar-refractivity contribution in [2.24, 2.45) is 11.7 Å². The van der Waals surface area contributed by atoms with Gasteiger partial charge in [-0.05, 0) is 49.7 Å². The van der Waals surface area contributed by atoms with Gasteiger partial charge in [-0.1, -0.05) is 6.92 Å². The number of halogens is 1. The van der Waals surface area contributed by atoms with Gasteiger partial charge in [0.2, 0.25) is 0 Å².